The monoisotopic (exact) mass is 422 g/mol. The summed E-state index contributed by atoms with van der Waals surface area (Å²) >= 11 is 0. The molecule has 0 aromatic heterocycles. The molecule has 0 rings (SSSR count). The molecule has 0 unspecified atom stereocenters. The molecule has 0 aromatic rings. The molecular weight excluding hydrogens is 368 g/mol. The van der Waals surface area contributed by atoms with E-state index in [1.54, 1.807) is 0 Å². The Hall–Kier alpha value is -0.200. The maximum absolute atomic E-state index is 8.57. The van der Waals surface area contributed by atoms with Gasteiger partial charge in [0, 0.05) is 13.2 Å². The predicted molar refractivity (Wildman–Crippen MR) is 124 cm³/mol. The Morgan fingerprint density at radius 1 is 0.379 bits per heavy atom. The minimum absolute atomic E-state index is 0.372. The van der Waals surface area contributed by atoms with Crippen molar-refractivity contribution in [1.29, 1.82) is 0 Å². The number of aliphatic hydroxyl groups excluding tert-OH is 2. The van der Waals surface area contributed by atoms with E-state index in [1.165, 1.54) is 116 Å². The van der Waals surface area contributed by atoms with Crippen molar-refractivity contribution in [2.45, 2.75) is 142 Å². The van der Waals surface area contributed by atoms with Gasteiger partial charge in [-0.15, -0.1) is 0 Å². The molecule has 180 valence electrons. The van der Waals surface area contributed by atoms with E-state index < -0.39 is 0 Å². The minimum Gasteiger partial charge on any atom is -0.396 e. The van der Waals surface area contributed by atoms with Crippen molar-refractivity contribution in [1.82, 2.24) is 0 Å². The SMILES string of the molecule is CCCCCCCCCCCCO.CCCCCCCCCCCCO.OOO. The Balaban J connectivity index is -0.000000410. The van der Waals surface area contributed by atoms with Gasteiger partial charge in [-0.3, -0.25) is 0 Å². The molecule has 0 aromatic carbocycles. The van der Waals surface area contributed by atoms with Gasteiger partial charge in [-0.2, -0.15) is 0 Å². The van der Waals surface area contributed by atoms with Crippen LogP contribution in [-0.2, 0) is 5.04 Å². The van der Waals surface area contributed by atoms with Gasteiger partial charge in [0.1, 0.15) is 0 Å². The van der Waals surface area contributed by atoms with Crippen LogP contribution in [0.1, 0.15) is 142 Å². The molecule has 0 aliphatic heterocycles. The van der Waals surface area contributed by atoms with Gasteiger partial charge < -0.3 is 10.2 Å². The molecule has 0 aliphatic carbocycles. The zero-order chi connectivity index (χ0) is 22.3. The molecule has 4 N–H and O–H groups in total. The first-order valence-corrected chi connectivity index (χ1v) is 12.4. The first-order chi connectivity index (χ1) is 14.2. The third kappa shape index (κ3) is 47.2. The summed E-state index contributed by atoms with van der Waals surface area (Å²) in [4.78, 5) is 0. The van der Waals surface area contributed by atoms with Crippen molar-refractivity contribution in [2.75, 3.05) is 13.2 Å². The quantitative estimate of drug-likeness (QED) is 0.0914. The van der Waals surface area contributed by atoms with Gasteiger partial charge in [0.2, 0.25) is 0 Å². The van der Waals surface area contributed by atoms with Crippen LogP contribution in [-0.4, -0.2) is 33.9 Å². The zero-order valence-electron chi connectivity index (χ0n) is 19.8. The second kappa shape index (κ2) is 38.4. The van der Waals surface area contributed by atoms with Crippen LogP contribution >= 0.6 is 0 Å². The smallest absolute Gasteiger partial charge is 0.0431 e. The fourth-order valence-electron chi connectivity index (χ4n) is 3.20. The van der Waals surface area contributed by atoms with Crippen molar-refractivity contribution in [3.63, 3.8) is 0 Å². The summed E-state index contributed by atoms with van der Waals surface area (Å²) < 4.78 is 0. The summed E-state index contributed by atoms with van der Waals surface area (Å²) in [7, 11) is 0. The maximum atomic E-state index is 8.57. The Morgan fingerprint density at radius 2 is 0.552 bits per heavy atom. The fraction of sp³-hybridized carbons (Fsp3) is 1.00. The van der Waals surface area contributed by atoms with E-state index in [0.29, 0.717) is 13.2 Å². The van der Waals surface area contributed by atoms with Crippen LogP contribution in [0.15, 0.2) is 0 Å². The molecule has 0 spiro atoms. The van der Waals surface area contributed by atoms with Crippen LogP contribution in [0.5, 0.6) is 0 Å². The van der Waals surface area contributed by atoms with Crippen LogP contribution in [0, 0.1) is 0 Å². The fourth-order valence-corrected chi connectivity index (χ4v) is 3.20. The van der Waals surface area contributed by atoms with E-state index in [9.17, 15) is 0 Å². The summed E-state index contributed by atoms with van der Waals surface area (Å²) in [6, 6.07) is 0. The van der Waals surface area contributed by atoms with Crippen molar-refractivity contribution in [3.8, 4) is 0 Å². The molecule has 0 aliphatic rings. The van der Waals surface area contributed by atoms with Crippen molar-refractivity contribution in [3.05, 3.63) is 0 Å². The topological polar surface area (TPSA) is 90.2 Å². The maximum Gasteiger partial charge on any atom is 0.0431 e. The van der Waals surface area contributed by atoms with Crippen molar-refractivity contribution in [2.24, 2.45) is 0 Å². The largest absolute Gasteiger partial charge is 0.396 e. The van der Waals surface area contributed by atoms with Gasteiger partial charge in [-0.05, 0) is 12.8 Å². The van der Waals surface area contributed by atoms with E-state index in [2.05, 4.69) is 18.9 Å². The Kier molecular flexibility index (Phi) is 44.3. The molecule has 0 heterocycles. The second-order valence-electron chi connectivity index (χ2n) is 7.89. The van der Waals surface area contributed by atoms with Crippen LogP contribution in [0.3, 0.4) is 0 Å². The first kappa shape index (κ1) is 33.4. The molecule has 0 amide bonds. The highest BCUT2D eigenvalue weighted by atomic mass is 17.4. The van der Waals surface area contributed by atoms with E-state index >= 15 is 0 Å². The van der Waals surface area contributed by atoms with Gasteiger partial charge in [0.15, 0.2) is 0 Å². The van der Waals surface area contributed by atoms with Gasteiger partial charge >= 0.3 is 0 Å². The number of hydrogen-bond donors (Lipinski definition) is 4. The summed E-state index contributed by atoms with van der Waals surface area (Å²) in [6.07, 6.45) is 26.6. The summed E-state index contributed by atoms with van der Waals surface area (Å²) in [5.74, 6) is 0. The summed E-state index contributed by atoms with van der Waals surface area (Å²) in [5.41, 5.74) is 0. The van der Waals surface area contributed by atoms with Gasteiger partial charge in [-0.25, -0.2) is 10.5 Å². The Labute approximate surface area is 181 Å². The van der Waals surface area contributed by atoms with Crippen LogP contribution in [0.2, 0.25) is 0 Å². The lowest BCUT2D eigenvalue weighted by Gasteiger charge is -2.00. The van der Waals surface area contributed by atoms with E-state index in [1.807, 2.05) is 0 Å². The average Bonchev–Trinajstić information content (AvgIpc) is 2.72. The average molecular weight is 423 g/mol. The van der Waals surface area contributed by atoms with Gasteiger partial charge in [0.05, 0.1) is 0 Å². The molecule has 0 saturated carbocycles. The Morgan fingerprint density at radius 3 is 0.724 bits per heavy atom. The lowest BCUT2D eigenvalue weighted by atomic mass is 10.1. The number of hydrogen-bond acceptors (Lipinski definition) is 5. The molecule has 5 nitrogen and oxygen atoms in total. The molecule has 0 radical (unpaired) electrons. The molecular formula is C24H54O5. The molecule has 0 fully saturated rings. The molecule has 0 atom stereocenters. The molecule has 29 heavy (non-hydrogen) atoms. The third-order valence-electron chi connectivity index (χ3n) is 5.02. The van der Waals surface area contributed by atoms with Gasteiger partial charge in [-0.1, -0.05) is 134 Å². The van der Waals surface area contributed by atoms with Crippen LogP contribution < -0.4 is 0 Å². The third-order valence-corrected chi connectivity index (χ3v) is 5.02. The zero-order valence-corrected chi connectivity index (χ0v) is 19.8. The van der Waals surface area contributed by atoms with Gasteiger partial charge in [0.25, 0.3) is 0 Å². The van der Waals surface area contributed by atoms with Crippen LogP contribution in [0.4, 0.5) is 0 Å². The lowest BCUT2D eigenvalue weighted by molar-refractivity contribution is -0.465. The number of unbranched alkanes of at least 4 members (excludes halogenated alkanes) is 18. The minimum atomic E-state index is 0.372. The predicted octanol–water partition coefficient (Wildman–Crippen LogP) is 7.75. The standard InChI is InChI=1S/2C12H26O.H2O3/c2*1-2-3-4-5-6-7-8-9-10-11-12-13;1-3-2/h2*13H,2-12H2,1H3;1-2H. The highest BCUT2D eigenvalue weighted by molar-refractivity contribution is 4.47. The van der Waals surface area contributed by atoms with Crippen molar-refractivity contribution >= 4 is 0 Å². The Bertz CT molecular complexity index is 185. The van der Waals surface area contributed by atoms with Crippen molar-refractivity contribution < 1.29 is 25.8 Å². The number of aliphatic hydroxyl groups is 2. The lowest BCUT2D eigenvalue weighted by Crippen LogP contribution is -1.84. The molecule has 5 heteroatoms. The second-order valence-corrected chi connectivity index (χ2v) is 7.89. The normalized spacial score (nSPS) is 10.1. The van der Waals surface area contributed by atoms with E-state index in [4.69, 9.17) is 20.7 Å². The first-order valence-electron chi connectivity index (χ1n) is 12.4. The van der Waals surface area contributed by atoms with Crippen LogP contribution in [0.25, 0.3) is 0 Å². The molecule has 0 saturated heterocycles. The van der Waals surface area contributed by atoms with E-state index in [-0.39, 0.29) is 0 Å². The highest BCUT2D eigenvalue weighted by Gasteiger charge is 1.92. The van der Waals surface area contributed by atoms with E-state index in [0.717, 1.165) is 12.8 Å². The summed E-state index contributed by atoms with van der Waals surface area (Å²) in [5, 5.41) is 32.6. The number of rotatable bonds is 20. The summed E-state index contributed by atoms with van der Waals surface area (Å²) in [6.45, 7) is 5.26. The highest BCUT2D eigenvalue weighted by Crippen LogP contribution is 2.11. The molecule has 0 bridgehead atoms.